The van der Waals surface area contributed by atoms with Gasteiger partial charge in [0.25, 0.3) is 0 Å². The van der Waals surface area contributed by atoms with Gasteiger partial charge in [-0.15, -0.1) is 11.3 Å². The zero-order chi connectivity index (χ0) is 16.8. The number of hydrogen-bond donors (Lipinski definition) is 2. The third-order valence-corrected chi connectivity index (χ3v) is 6.07. The van der Waals surface area contributed by atoms with Crippen molar-refractivity contribution in [3.8, 4) is 5.75 Å². The number of nitrogens with one attached hydrogen (secondary N) is 2. The van der Waals surface area contributed by atoms with Crippen LogP contribution in [0.25, 0.3) is 10.2 Å². The van der Waals surface area contributed by atoms with Crippen LogP contribution in [0, 0.1) is 0 Å². The molecule has 0 spiro atoms. The zero-order valence-corrected chi connectivity index (χ0v) is 14.9. The van der Waals surface area contributed by atoms with Crippen LogP contribution < -0.4 is 15.4 Å². The topological polar surface area (TPSA) is 59.1 Å². The number of thiophene rings is 1. The predicted octanol–water partition coefficient (Wildman–Crippen LogP) is 3.27. The molecule has 0 saturated heterocycles. The lowest BCUT2D eigenvalue weighted by molar-refractivity contribution is 0.254. The van der Waals surface area contributed by atoms with E-state index >= 15 is 0 Å². The maximum Gasteiger partial charge on any atom is 0.138 e. The van der Waals surface area contributed by atoms with Gasteiger partial charge in [-0.2, -0.15) is 0 Å². The Morgan fingerprint density at radius 3 is 3.28 bits per heavy atom. The molecule has 6 heteroatoms. The quantitative estimate of drug-likeness (QED) is 0.758. The second kappa shape index (κ2) is 5.97. The molecule has 0 aliphatic carbocycles. The Labute approximate surface area is 150 Å². The molecule has 2 aliphatic heterocycles. The van der Waals surface area contributed by atoms with Gasteiger partial charge in [0.15, 0.2) is 0 Å². The Balaban J connectivity index is 1.43. The van der Waals surface area contributed by atoms with Crippen LogP contribution in [0.1, 0.15) is 28.5 Å². The standard InChI is InChI=1S/C19H20N4OS/c1-11-6-13-7-12(2-3-15(13)24-11)8-21-18-17-14-4-5-20-9-16(14)25-19(17)23-10-22-18/h2-3,7,10-11,20H,4-6,8-9H2,1H3,(H,21,22,23)/t11-/m1/s1. The van der Waals surface area contributed by atoms with Crippen LogP contribution in [-0.2, 0) is 25.9 Å². The lowest BCUT2D eigenvalue weighted by atomic mass is 10.1. The molecule has 0 amide bonds. The maximum absolute atomic E-state index is 5.79. The van der Waals surface area contributed by atoms with E-state index in [2.05, 4.69) is 45.7 Å². The first-order chi connectivity index (χ1) is 12.3. The molecular weight excluding hydrogens is 332 g/mol. The number of fused-ring (bicyclic) bond motifs is 4. The average Bonchev–Trinajstić information content (AvgIpc) is 3.18. The summed E-state index contributed by atoms with van der Waals surface area (Å²) in [5.74, 6) is 1.98. The number of ether oxygens (including phenoxy) is 1. The van der Waals surface area contributed by atoms with Gasteiger partial charge in [-0.1, -0.05) is 12.1 Å². The number of anilines is 1. The van der Waals surface area contributed by atoms with E-state index in [0.717, 1.165) is 48.9 Å². The Hall–Kier alpha value is -2.18. The van der Waals surface area contributed by atoms with Gasteiger partial charge in [0.05, 0.1) is 5.39 Å². The summed E-state index contributed by atoms with van der Waals surface area (Å²) in [6.45, 7) is 4.84. The molecule has 25 heavy (non-hydrogen) atoms. The molecule has 4 heterocycles. The van der Waals surface area contributed by atoms with Crippen LogP contribution in [0.15, 0.2) is 24.5 Å². The zero-order valence-electron chi connectivity index (χ0n) is 14.1. The molecule has 3 aromatic rings. The Morgan fingerprint density at radius 2 is 2.32 bits per heavy atom. The SMILES string of the molecule is C[C@@H]1Cc2cc(CNc3ncnc4sc5c(c34)CCNC5)ccc2O1. The van der Waals surface area contributed by atoms with Crippen LogP contribution in [0.3, 0.4) is 0 Å². The molecule has 0 unspecified atom stereocenters. The molecule has 0 radical (unpaired) electrons. The van der Waals surface area contributed by atoms with Gasteiger partial charge in [-0.05, 0) is 42.6 Å². The highest BCUT2D eigenvalue weighted by Gasteiger charge is 2.21. The molecule has 128 valence electrons. The van der Waals surface area contributed by atoms with Gasteiger partial charge in [-0.3, -0.25) is 0 Å². The third kappa shape index (κ3) is 2.65. The van der Waals surface area contributed by atoms with Crippen molar-refractivity contribution in [1.82, 2.24) is 15.3 Å². The Bertz CT molecular complexity index is 952. The summed E-state index contributed by atoms with van der Waals surface area (Å²) < 4.78 is 5.79. The van der Waals surface area contributed by atoms with E-state index in [1.54, 1.807) is 17.7 Å². The minimum atomic E-state index is 0.283. The molecular formula is C19H20N4OS. The summed E-state index contributed by atoms with van der Waals surface area (Å²) in [5, 5.41) is 8.18. The van der Waals surface area contributed by atoms with E-state index in [4.69, 9.17) is 4.74 Å². The van der Waals surface area contributed by atoms with Gasteiger partial charge in [0.2, 0.25) is 0 Å². The van der Waals surface area contributed by atoms with E-state index in [0.29, 0.717) is 0 Å². The second-order valence-electron chi connectivity index (χ2n) is 6.76. The lowest BCUT2D eigenvalue weighted by Gasteiger charge is -2.14. The monoisotopic (exact) mass is 352 g/mol. The highest BCUT2D eigenvalue weighted by molar-refractivity contribution is 7.18. The number of rotatable bonds is 3. The smallest absolute Gasteiger partial charge is 0.138 e. The second-order valence-corrected chi connectivity index (χ2v) is 7.84. The summed E-state index contributed by atoms with van der Waals surface area (Å²) in [7, 11) is 0. The first kappa shape index (κ1) is 15.1. The molecule has 2 aliphatic rings. The average molecular weight is 352 g/mol. The minimum Gasteiger partial charge on any atom is -0.490 e. The van der Waals surface area contributed by atoms with Gasteiger partial charge in [0.1, 0.15) is 28.8 Å². The van der Waals surface area contributed by atoms with Gasteiger partial charge in [0, 0.05) is 24.4 Å². The fourth-order valence-corrected chi connectivity index (χ4v) is 4.92. The van der Waals surface area contributed by atoms with E-state index in [1.165, 1.54) is 27.0 Å². The molecule has 1 aromatic carbocycles. The van der Waals surface area contributed by atoms with E-state index in [1.807, 2.05) is 0 Å². The fourth-order valence-electron chi connectivity index (χ4n) is 3.76. The molecule has 5 nitrogen and oxygen atoms in total. The van der Waals surface area contributed by atoms with Crippen molar-refractivity contribution < 1.29 is 4.74 Å². The van der Waals surface area contributed by atoms with E-state index in [-0.39, 0.29) is 6.10 Å². The lowest BCUT2D eigenvalue weighted by Crippen LogP contribution is -2.22. The first-order valence-electron chi connectivity index (χ1n) is 8.76. The first-order valence-corrected chi connectivity index (χ1v) is 9.58. The Morgan fingerprint density at radius 1 is 1.36 bits per heavy atom. The van der Waals surface area contributed by atoms with Crippen LogP contribution in [0.2, 0.25) is 0 Å². The highest BCUT2D eigenvalue weighted by atomic mass is 32.1. The van der Waals surface area contributed by atoms with Gasteiger partial charge < -0.3 is 15.4 Å². The van der Waals surface area contributed by atoms with E-state index in [9.17, 15) is 0 Å². The van der Waals surface area contributed by atoms with Crippen LogP contribution in [0.5, 0.6) is 5.75 Å². The molecule has 2 aromatic heterocycles. The number of aromatic nitrogens is 2. The summed E-state index contributed by atoms with van der Waals surface area (Å²) in [4.78, 5) is 11.5. The van der Waals surface area contributed by atoms with Crippen LogP contribution in [-0.4, -0.2) is 22.6 Å². The normalized spacial score (nSPS) is 18.7. The summed E-state index contributed by atoms with van der Waals surface area (Å²) >= 11 is 1.78. The van der Waals surface area contributed by atoms with Crippen molar-refractivity contribution in [2.24, 2.45) is 0 Å². The number of benzene rings is 1. The summed E-state index contributed by atoms with van der Waals surface area (Å²) in [5.41, 5.74) is 3.98. The van der Waals surface area contributed by atoms with Gasteiger partial charge in [-0.25, -0.2) is 9.97 Å². The molecule has 0 bridgehead atoms. The van der Waals surface area contributed by atoms with Crippen LogP contribution >= 0.6 is 11.3 Å². The van der Waals surface area contributed by atoms with Crippen molar-refractivity contribution >= 4 is 27.4 Å². The number of hydrogen-bond acceptors (Lipinski definition) is 6. The highest BCUT2D eigenvalue weighted by Crippen LogP contribution is 2.36. The molecule has 2 N–H and O–H groups in total. The Kier molecular flexibility index (Phi) is 3.60. The fraction of sp³-hybridized carbons (Fsp3) is 0.368. The van der Waals surface area contributed by atoms with Crippen molar-refractivity contribution in [3.05, 3.63) is 46.1 Å². The van der Waals surface area contributed by atoms with Crippen molar-refractivity contribution in [2.45, 2.75) is 39.0 Å². The number of nitrogens with zero attached hydrogens (tertiary/aromatic N) is 2. The molecule has 1 atom stereocenters. The maximum atomic E-state index is 5.79. The van der Waals surface area contributed by atoms with Crippen molar-refractivity contribution in [2.75, 3.05) is 11.9 Å². The largest absolute Gasteiger partial charge is 0.490 e. The van der Waals surface area contributed by atoms with E-state index < -0.39 is 0 Å². The summed E-state index contributed by atoms with van der Waals surface area (Å²) in [6, 6.07) is 6.47. The van der Waals surface area contributed by atoms with Gasteiger partial charge >= 0.3 is 0 Å². The predicted molar refractivity (Wildman–Crippen MR) is 100 cm³/mol. The van der Waals surface area contributed by atoms with Crippen LogP contribution in [0.4, 0.5) is 5.82 Å². The molecule has 0 saturated carbocycles. The molecule has 5 rings (SSSR count). The minimum absolute atomic E-state index is 0.283. The van der Waals surface area contributed by atoms with Crippen molar-refractivity contribution in [3.63, 3.8) is 0 Å². The van der Waals surface area contributed by atoms with Crippen molar-refractivity contribution in [1.29, 1.82) is 0 Å². The third-order valence-electron chi connectivity index (χ3n) is 4.93. The molecule has 0 fully saturated rings. The summed E-state index contributed by atoms with van der Waals surface area (Å²) in [6.07, 6.45) is 3.99.